The third-order valence-corrected chi connectivity index (χ3v) is 4.30. The third kappa shape index (κ3) is 6.38. The second kappa shape index (κ2) is 9.42. The summed E-state index contributed by atoms with van der Waals surface area (Å²) in [5.41, 5.74) is 1.80. The monoisotopic (exact) mass is 346 g/mol. The van der Waals surface area contributed by atoms with Crippen molar-refractivity contribution in [3.63, 3.8) is 0 Å². The van der Waals surface area contributed by atoms with Gasteiger partial charge >= 0.3 is 0 Å². The molecule has 138 valence electrons. The number of nitrogens with one attached hydrogen (secondary N) is 3. The van der Waals surface area contributed by atoms with Crippen molar-refractivity contribution in [3.8, 4) is 0 Å². The van der Waals surface area contributed by atoms with Crippen molar-refractivity contribution in [2.24, 2.45) is 4.99 Å². The fraction of sp³-hybridized carbons (Fsp3) is 0.579. The Bertz CT molecular complexity index is 595. The molecule has 0 aromatic heterocycles. The number of aliphatic imine (C=N–C) groups is 1. The van der Waals surface area contributed by atoms with E-state index in [0.29, 0.717) is 13.0 Å². The lowest BCUT2D eigenvalue weighted by Gasteiger charge is -2.24. The third-order valence-electron chi connectivity index (χ3n) is 4.30. The molecule has 6 nitrogen and oxygen atoms in total. The molecule has 1 aromatic carbocycles. The number of hydrogen-bond acceptors (Lipinski definition) is 3. The van der Waals surface area contributed by atoms with Crippen LogP contribution in [0.15, 0.2) is 29.3 Å². The van der Waals surface area contributed by atoms with E-state index >= 15 is 0 Å². The van der Waals surface area contributed by atoms with Gasteiger partial charge in [0.25, 0.3) is 0 Å². The second-order valence-corrected chi connectivity index (χ2v) is 6.68. The summed E-state index contributed by atoms with van der Waals surface area (Å²) in [6.07, 6.45) is 3.56. The number of ether oxygens (including phenoxy) is 1. The molecule has 0 radical (unpaired) electrons. The summed E-state index contributed by atoms with van der Waals surface area (Å²) in [6.45, 7) is 6.33. The van der Waals surface area contributed by atoms with Crippen molar-refractivity contribution in [2.45, 2.75) is 51.7 Å². The summed E-state index contributed by atoms with van der Waals surface area (Å²) in [4.78, 5) is 16.0. The number of benzene rings is 1. The Labute approximate surface area is 150 Å². The van der Waals surface area contributed by atoms with E-state index in [1.165, 1.54) is 0 Å². The van der Waals surface area contributed by atoms with Crippen LogP contribution in [-0.2, 0) is 16.1 Å². The van der Waals surface area contributed by atoms with Crippen molar-refractivity contribution in [1.29, 1.82) is 0 Å². The van der Waals surface area contributed by atoms with Gasteiger partial charge in [-0.1, -0.05) is 19.1 Å². The Hall–Kier alpha value is -2.08. The summed E-state index contributed by atoms with van der Waals surface area (Å²) in [5, 5.41) is 9.56. The smallest absolute Gasteiger partial charge is 0.224 e. The molecule has 6 heteroatoms. The fourth-order valence-corrected chi connectivity index (χ4v) is 2.86. The maximum absolute atomic E-state index is 11.7. The molecule has 3 N–H and O–H groups in total. The number of amides is 1. The highest BCUT2D eigenvalue weighted by atomic mass is 16.5. The van der Waals surface area contributed by atoms with Crippen LogP contribution in [-0.4, -0.2) is 37.7 Å². The van der Waals surface area contributed by atoms with E-state index in [9.17, 15) is 4.79 Å². The predicted octanol–water partition coefficient (Wildman–Crippen LogP) is 2.66. The first-order chi connectivity index (χ1) is 12.0. The Morgan fingerprint density at radius 3 is 2.88 bits per heavy atom. The molecule has 1 aliphatic rings. The number of nitrogens with zero attached hydrogens (tertiary/aromatic N) is 1. The van der Waals surface area contributed by atoms with Gasteiger partial charge in [0.2, 0.25) is 5.91 Å². The van der Waals surface area contributed by atoms with Crippen molar-refractivity contribution < 1.29 is 9.53 Å². The van der Waals surface area contributed by atoms with Crippen molar-refractivity contribution in [2.75, 3.05) is 25.5 Å². The van der Waals surface area contributed by atoms with Crippen molar-refractivity contribution >= 4 is 17.6 Å². The largest absolute Gasteiger partial charge is 0.373 e. The minimum Gasteiger partial charge on any atom is -0.373 e. The predicted molar refractivity (Wildman–Crippen MR) is 102 cm³/mol. The number of rotatable bonds is 7. The van der Waals surface area contributed by atoms with E-state index in [4.69, 9.17) is 4.74 Å². The lowest BCUT2D eigenvalue weighted by Crippen LogP contribution is -2.45. The average molecular weight is 346 g/mol. The highest BCUT2D eigenvalue weighted by Crippen LogP contribution is 2.23. The van der Waals surface area contributed by atoms with Gasteiger partial charge in [-0.2, -0.15) is 0 Å². The van der Waals surface area contributed by atoms with Gasteiger partial charge in [-0.05, 0) is 43.9 Å². The van der Waals surface area contributed by atoms with Crippen molar-refractivity contribution in [3.05, 3.63) is 29.8 Å². The van der Waals surface area contributed by atoms with Crippen LogP contribution in [0.3, 0.4) is 0 Å². The minimum atomic E-state index is -0.110. The van der Waals surface area contributed by atoms with Crippen LogP contribution in [0.5, 0.6) is 0 Å². The van der Waals surface area contributed by atoms with Crippen LogP contribution >= 0.6 is 0 Å². The lowest BCUT2D eigenvalue weighted by molar-refractivity contribution is -0.116. The molecule has 1 aromatic rings. The number of guanidine groups is 1. The molecule has 1 aliphatic heterocycles. The van der Waals surface area contributed by atoms with E-state index in [1.54, 1.807) is 7.05 Å². The Balaban J connectivity index is 1.83. The van der Waals surface area contributed by atoms with Crippen LogP contribution in [0.4, 0.5) is 5.69 Å². The van der Waals surface area contributed by atoms with Gasteiger partial charge in [-0.25, -0.2) is 0 Å². The number of carbonyl (C=O) groups is 1. The molecule has 0 spiro atoms. The lowest BCUT2D eigenvalue weighted by atomic mass is 10.0. The van der Waals surface area contributed by atoms with Crippen LogP contribution < -0.4 is 16.0 Å². The fourth-order valence-electron chi connectivity index (χ4n) is 2.86. The summed E-state index contributed by atoms with van der Waals surface area (Å²) >= 11 is 0. The highest BCUT2D eigenvalue weighted by Gasteiger charge is 2.29. The highest BCUT2D eigenvalue weighted by molar-refractivity contribution is 5.90. The minimum absolute atomic E-state index is 0.0508. The number of hydrogen-bond donors (Lipinski definition) is 3. The van der Waals surface area contributed by atoms with E-state index in [2.05, 4.69) is 27.9 Å². The van der Waals surface area contributed by atoms with Gasteiger partial charge in [0.15, 0.2) is 5.96 Å². The quantitative estimate of drug-likeness (QED) is 0.524. The Kier molecular flexibility index (Phi) is 7.25. The molecule has 1 saturated heterocycles. The summed E-state index contributed by atoms with van der Waals surface area (Å²) in [5.74, 6) is 0.798. The molecular formula is C19H30N4O2. The molecule has 0 bridgehead atoms. The van der Waals surface area contributed by atoms with Gasteiger partial charge in [0.05, 0.1) is 5.60 Å². The van der Waals surface area contributed by atoms with Crippen LogP contribution in [0.1, 0.15) is 45.1 Å². The zero-order valence-corrected chi connectivity index (χ0v) is 15.5. The van der Waals surface area contributed by atoms with E-state index in [0.717, 1.165) is 49.6 Å². The zero-order chi connectivity index (χ0) is 18.1. The number of anilines is 1. The molecule has 2 rings (SSSR count). The van der Waals surface area contributed by atoms with Crippen molar-refractivity contribution in [1.82, 2.24) is 10.6 Å². The normalized spacial score (nSPS) is 20.4. The first-order valence-electron chi connectivity index (χ1n) is 9.02. The molecule has 0 aliphatic carbocycles. The Morgan fingerprint density at radius 2 is 2.20 bits per heavy atom. The van der Waals surface area contributed by atoms with Crippen LogP contribution in [0.2, 0.25) is 0 Å². The molecule has 0 saturated carbocycles. The molecule has 1 fully saturated rings. The zero-order valence-electron chi connectivity index (χ0n) is 15.5. The molecule has 25 heavy (non-hydrogen) atoms. The van der Waals surface area contributed by atoms with Gasteiger partial charge < -0.3 is 20.7 Å². The topological polar surface area (TPSA) is 74.8 Å². The van der Waals surface area contributed by atoms with E-state index in [1.807, 2.05) is 31.2 Å². The van der Waals surface area contributed by atoms with Gasteiger partial charge in [-0.15, -0.1) is 0 Å². The maximum atomic E-state index is 11.7. The van der Waals surface area contributed by atoms with Crippen LogP contribution in [0.25, 0.3) is 0 Å². The van der Waals surface area contributed by atoms with Gasteiger partial charge in [0.1, 0.15) is 0 Å². The maximum Gasteiger partial charge on any atom is 0.224 e. The first-order valence-corrected chi connectivity index (χ1v) is 9.02. The second-order valence-electron chi connectivity index (χ2n) is 6.68. The summed E-state index contributed by atoms with van der Waals surface area (Å²) in [7, 11) is 1.76. The summed E-state index contributed by atoms with van der Waals surface area (Å²) in [6, 6.07) is 7.86. The standard InChI is InChI=1S/C19H30N4O2/c1-4-7-17(24)23-16-9-5-8-15(12-16)13-21-18(20-3)22-14-19(2)10-6-11-25-19/h5,8-9,12H,4,6-7,10-11,13-14H2,1-3H3,(H,23,24)(H2,20,21,22). The summed E-state index contributed by atoms with van der Waals surface area (Å²) < 4.78 is 5.79. The van der Waals surface area contributed by atoms with Gasteiger partial charge in [0, 0.05) is 38.9 Å². The molecule has 1 heterocycles. The van der Waals surface area contributed by atoms with Gasteiger partial charge in [-0.3, -0.25) is 9.79 Å². The van der Waals surface area contributed by atoms with Crippen LogP contribution in [0, 0.1) is 0 Å². The molecular weight excluding hydrogens is 316 g/mol. The molecule has 1 amide bonds. The SMILES string of the molecule is CCCC(=O)Nc1cccc(CNC(=NC)NCC2(C)CCCO2)c1. The molecule has 1 unspecified atom stereocenters. The number of carbonyl (C=O) groups excluding carboxylic acids is 1. The molecule has 1 atom stereocenters. The van der Waals surface area contributed by atoms with E-state index < -0.39 is 0 Å². The van der Waals surface area contributed by atoms with E-state index in [-0.39, 0.29) is 11.5 Å². The first kappa shape index (κ1) is 19.2. The Morgan fingerprint density at radius 1 is 1.36 bits per heavy atom. The average Bonchev–Trinajstić information content (AvgIpc) is 3.02.